The fourth-order valence-electron chi connectivity index (χ4n) is 2.25. The summed E-state index contributed by atoms with van der Waals surface area (Å²) in [4.78, 5) is 10.9. The molecule has 0 aliphatic rings. The van der Waals surface area contributed by atoms with Gasteiger partial charge in [0.25, 0.3) is 0 Å². The molecule has 1 aromatic carbocycles. The first kappa shape index (κ1) is 19.8. The Labute approximate surface area is 153 Å². The molecule has 0 spiro atoms. The molecule has 0 saturated heterocycles. The third kappa shape index (κ3) is 5.00. The van der Waals surface area contributed by atoms with Crippen LogP contribution >= 0.6 is 0 Å². The summed E-state index contributed by atoms with van der Waals surface area (Å²) >= 11 is 0. The fraction of sp³-hybridized carbons (Fsp3) is 0.400. The Morgan fingerprint density at radius 2 is 1.69 bits per heavy atom. The molecule has 0 bridgehead atoms. The normalized spacial score (nSPS) is 12.7. The Balaban J connectivity index is 2.21. The molecule has 0 fully saturated rings. The monoisotopic (exact) mass is 361 g/mol. The average molecular weight is 361 g/mol. The molecular weight excluding hydrogens is 336 g/mol. The van der Waals surface area contributed by atoms with Gasteiger partial charge >= 0.3 is 0 Å². The minimum Gasteiger partial charge on any atom is -0.470 e. The highest BCUT2D eigenvalue weighted by Crippen LogP contribution is 2.28. The van der Waals surface area contributed by atoms with Gasteiger partial charge in [-0.3, -0.25) is 0 Å². The molecule has 1 heterocycles. The number of benzene rings is 1. The molecule has 0 aliphatic carbocycles. The number of hydrogen-bond acceptors (Lipinski definition) is 3. The summed E-state index contributed by atoms with van der Waals surface area (Å²) in [5.74, 6) is -0.832. The first-order valence-corrected chi connectivity index (χ1v) is 8.54. The van der Waals surface area contributed by atoms with E-state index in [1.165, 1.54) is 12.1 Å². The van der Waals surface area contributed by atoms with E-state index in [2.05, 4.69) is 23.8 Å². The first-order valence-electron chi connectivity index (χ1n) is 8.54. The van der Waals surface area contributed by atoms with Gasteiger partial charge in [-0.05, 0) is 58.4 Å². The van der Waals surface area contributed by atoms with E-state index < -0.39 is 17.7 Å². The molecule has 1 atom stereocenters. The highest BCUT2D eigenvalue weighted by atomic mass is 19.1. The zero-order chi connectivity index (χ0) is 19.4. The number of hydrogen-bond donors (Lipinski definition) is 0. The van der Waals surface area contributed by atoms with Crippen LogP contribution in [-0.4, -0.2) is 29.3 Å². The van der Waals surface area contributed by atoms with Crippen LogP contribution in [0.25, 0.3) is 0 Å². The van der Waals surface area contributed by atoms with E-state index in [9.17, 15) is 8.78 Å². The third-order valence-corrected chi connectivity index (χ3v) is 4.17. The van der Waals surface area contributed by atoms with Gasteiger partial charge in [0.2, 0.25) is 5.88 Å². The van der Waals surface area contributed by atoms with E-state index in [-0.39, 0.29) is 0 Å². The number of halogens is 2. The molecule has 1 unspecified atom stereocenters. The van der Waals surface area contributed by atoms with E-state index >= 15 is 0 Å². The quantitative estimate of drug-likeness (QED) is 0.530. The molecule has 1 aromatic heterocycles. The zero-order valence-electron chi connectivity index (χ0n) is 16.0. The van der Waals surface area contributed by atoms with Crippen molar-refractivity contribution in [3.63, 3.8) is 0 Å². The summed E-state index contributed by atoms with van der Waals surface area (Å²) in [5.41, 5.74) is 2.70. The van der Waals surface area contributed by atoms with E-state index in [4.69, 9.17) is 4.74 Å². The van der Waals surface area contributed by atoms with Crippen LogP contribution in [0.15, 0.2) is 29.3 Å². The van der Waals surface area contributed by atoms with Gasteiger partial charge < -0.3 is 9.64 Å². The van der Waals surface area contributed by atoms with Crippen LogP contribution in [0.5, 0.6) is 5.88 Å². The average Bonchev–Trinajstić information content (AvgIpc) is 2.55. The van der Waals surface area contributed by atoms with Crippen LogP contribution in [0.2, 0.25) is 0 Å². The minimum absolute atomic E-state index is 0.350. The second-order valence-electron chi connectivity index (χ2n) is 6.68. The number of aryl methyl sites for hydroxylation is 2. The number of aromatic nitrogens is 1. The predicted octanol–water partition coefficient (Wildman–Crippen LogP) is 5.12. The minimum atomic E-state index is -0.629. The lowest BCUT2D eigenvalue weighted by Gasteiger charge is -2.18. The van der Waals surface area contributed by atoms with Crippen molar-refractivity contribution < 1.29 is 13.5 Å². The maximum absolute atomic E-state index is 13.4. The largest absolute Gasteiger partial charge is 0.470 e. The Kier molecular flexibility index (Phi) is 6.29. The van der Waals surface area contributed by atoms with Crippen LogP contribution in [0.4, 0.5) is 14.5 Å². The Bertz CT molecular complexity index is 786. The number of nitrogens with zero attached hydrogens (tertiary/aromatic N) is 3. The van der Waals surface area contributed by atoms with Gasteiger partial charge in [-0.1, -0.05) is 0 Å². The summed E-state index contributed by atoms with van der Waals surface area (Å²) < 4.78 is 32.6. The van der Waals surface area contributed by atoms with Crippen LogP contribution < -0.4 is 4.74 Å². The van der Waals surface area contributed by atoms with Crippen LogP contribution in [0, 0.1) is 25.5 Å². The number of ether oxygens (including phenoxy) is 1. The van der Waals surface area contributed by atoms with Crippen molar-refractivity contribution in [2.75, 3.05) is 7.05 Å². The lowest BCUT2D eigenvalue weighted by atomic mass is 10.1. The van der Waals surface area contributed by atoms with Crippen LogP contribution in [0.1, 0.15) is 43.7 Å². The predicted molar refractivity (Wildman–Crippen MR) is 100 cm³/mol. The summed E-state index contributed by atoms with van der Waals surface area (Å²) in [5, 5.41) is 0. The van der Waals surface area contributed by atoms with Gasteiger partial charge in [-0.2, -0.15) is 0 Å². The van der Waals surface area contributed by atoms with Gasteiger partial charge in [-0.25, -0.2) is 18.8 Å². The Morgan fingerprint density at radius 1 is 1.08 bits per heavy atom. The summed E-state index contributed by atoms with van der Waals surface area (Å²) in [6.07, 6.45) is 1.24. The van der Waals surface area contributed by atoms with Gasteiger partial charge in [0.1, 0.15) is 17.7 Å². The maximum atomic E-state index is 13.4. The molecule has 140 valence electrons. The zero-order valence-corrected chi connectivity index (χ0v) is 16.0. The molecule has 0 radical (unpaired) electrons. The van der Waals surface area contributed by atoms with Crippen molar-refractivity contribution in [2.45, 2.75) is 46.8 Å². The Hall–Kier alpha value is -2.50. The van der Waals surface area contributed by atoms with E-state index in [0.29, 0.717) is 17.5 Å². The number of pyridine rings is 1. The van der Waals surface area contributed by atoms with Gasteiger partial charge in [0.05, 0.1) is 17.7 Å². The molecule has 4 nitrogen and oxygen atoms in total. The SMILES string of the molecule is Cc1cc(N=CN(C)C(C)C)c(C)nc1OC(C)c1cc(F)cc(F)c1. The van der Waals surface area contributed by atoms with Gasteiger partial charge in [0, 0.05) is 24.7 Å². The molecule has 0 N–H and O–H groups in total. The molecule has 6 heteroatoms. The first-order chi connectivity index (χ1) is 12.2. The maximum Gasteiger partial charge on any atom is 0.217 e. The topological polar surface area (TPSA) is 37.7 Å². The van der Waals surface area contributed by atoms with Crippen molar-refractivity contribution in [3.05, 3.63) is 52.7 Å². The smallest absolute Gasteiger partial charge is 0.217 e. The third-order valence-electron chi connectivity index (χ3n) is 4.17. The summed E-state index contributed by atoms with van der Waals surface area (Å²) in [6, 6.07) is 5.60. The van der Waals surface area contributed by atoms with E-state index in [1.54, 1.807) is 13.3 Å². The van der Waals surface area contributed by atoms with Gasteiger partial charge in [-0.15, -0.1) is 0 Å². The highest BCUT2D eigenvalue weighted by molar-refractivity contribution is 5.63. The van der Waals surface area contributed by atoms with Crippen molar-refractivity contribution in [1.82, 2.24) is 9.88 Å². The highest BCUT2D eigenvalue weighted by Gasteiger charge is 2.14. The van der Waals surface area contributed by atoms with Gasteiger partial charge in [0.15, 0.2) is 0 Å². The van der Waals surface area contributed by atoms with E-state index in [0.717, 1.165) is 23.0 Å². The standard InChI is InChI=1S/C20H25F2N3O/c1-12(2)25(6)11-23-19-7-13(3)20(24-14(19)4)26-15(5)16-8-17(21)10-18(22)9-16/h7-12,15H,1-6H3. The molecule has 0 aliphatic heterocycles. The fourth-order valence-corrected chi connectivity index (χ4v) is 2.25. The van der Waals surface area contributed by atoms with Crippen molar-refractivity contribution in [1.29, 1.82) is 0 Å². The number of rotatable bonds is 6. The molecule has 2 rings (SSSR count). The summed E-state index contributed by atoms with van der Waals surface area (Å²) in [7, 11) is 1.96. The van der Waals surface area contributed by atoms with Crippen LogP contribution in [0.3, 0.4) is 0 Å². The van der Waals surface area contributed by atoms with Crippen molar-refractivity contribution >= 4 is 12.0 Å². The lowest BCUT2D eigenvalue weighted by molar-refractivity contribution is 0.214. The van der Waals surface area contributed by atoms with E-state index in [1.807, 2.05) is 31.9 Å². The van der Waals surface area contributed by atoms with Crippen molar-refractivity contribution in [3.8, 4) is 5.88 Å². The van der Waals surface area contributed by atoms with Crippen molar-refractivity contribution in [2.24, 2.45) is 4.99 Å². The molecule has 0 saturated carbocycles. The molecule has 26 heavy (non-hydrogen) atoms. The molecular formula is C20H25F2N3O. The second kappa shape index (κ2) is 8.25. The second-order valence-corrected chi connectivity index (χ2v) is 6.68. The lowest BCUT2D eigenvalue weighted by Crippen LogP contribution is -2.24. The molecule has 0 amide bonds. The number of aliphatic imine (C=N–C) groups is 1. The van der Waals surface area contributed by atoms with Crippen LogP contribution in [-0.2, 0) is 0 Å². The summed E-state index contributed by atoms with van der Waals surface area (Å²) in [6.45, 7) is 9.60. The Morgan fingerprint density at radius 3 is 2.27 bits per heavy atom. The molecule has 2 aromatic rings.